The number of aromatic nitrogens is 2. The summed E-state index contributed by atoms with van der Waals surface area (Å²) in [6.45, 7) is 9.76. The number of hydrogen-bond donors (Lipinski definition) is 0. The van der Waals surface area contributed by atoms with Crippen molar-refractivity contribution in [1.29, 1.82) is 0 Å². The van der Waals surface area contributed by atoms with Crippen molar-refractivity contribution in [3.05, 3.63) is 169 Å². The summed E-state index contributed by atoms with van der Waals surface area (Å²) in [6.07, 6.45) is 2.38. The van der Waals surface area contributed by atoms with Crippen LogP contribution < -0.4 is 0 Å². The highest BCUT2D eigenvalue weighted by molar-refractivity contribution is 7.26. The molecule has 12 rings (SSSR count). The average Bonchev–Trinajstić information content (AvgIpc) is 3.89. The zero-order chi connectivity index (χ0) is 38.2. The van der Waals surface area contributed by atoms with Gasteiger partial charge in [-0.2, -0.15) is 0 Å². The first kappa shape index (κ1) is 33.0. The van der Waals surface area contributed by atoms with Crippen LogP contribution in [-0.2, 0) is 10.8 Å². The van der Waals surface area contributed by atoms with Crippen molar-refractivity contribution in [1.82, 2.24) is 9.13 Å². The molecule has 274 valence electrons. The number of nitrogens with zero attached hydrogens (tertiary/aromatic N) is 2. The van der Waals surface area contributed by atoms with Crippen molar-refractivity contribution in [2.45, 2.75) is 51.4 Å². The zero-order valence-electron chi connectivity index (χ0n) is 32.7. The third kappa shape index (κ3) is 4.70. The molecule has 8 aromatic carbocycles. The maximum Gasteiger partial charge on any atom is 0.0562 e. The van der Waals surface area contributed by atoms with Gasteiger partial charge >= 0.3 is 0 Å². The molecule has 0 N–H and O–H groups in total. The molecule has 0 radical (unpaired) electrons. The third-order valence-corrected chi connectivity index (χ3v) is 14.6. The number of hydrogen-bond acceptors (Lipinski definition) is 1. The average molecular weight is 751 g/mol. The minimum Gasteiger partial charge on any atom is -0.309 e. The van der Waals surface area contributed by atoms with Gasteiger partial charge in [-0.3, -0.25) is 0 Å². The molecule has 3 heteroatoms. The molecule has 0 fully saturated rings. The topological polar surface area (TPSA) is 9.86 Å². The molecular weight excluding hydrogens is 709 g/mol. The van der Waals surface area contributed by atoms with Crippen LogP contribution in [0.25, 0.3) is 97.1 Å². The minimum absolute atomic E-state index is 0.110. The third-order valence-electron chi connectivity index (χ3n) is 13.3. The van der Waals surface area contributed by atoms with Crippen molar-refractivity contribution in [2.75, 3.05) is 0 Å². The lowest BCUT2D eigenvalue weighted by Gasteiger charge is -2.42. The van der Waals surface area contributed by atoms with E-state index < -0.39 is 0 Å². The summed E-state index contributed by atoms with van der Waals surface area (Å²) < 4.78 is 7.72. The van der Waals surface area contributed by atoms with Crippen molar-refractivity contribution < 1.29 is 0 Å². The van der Waals surface area contributed by atoms with E-state index in [2.05, 4.69) is 195 Å². The Morgan fingerprint density at radius 1 is 0.439 bits per heavy atom. The first-order chi connectivity index (χ1) is 27.7. The van der Waals surface area contributed by atoms with Crippen LogP contribution in [0.1, 0.15) is 51.7 Å². The second kappa shape index (κ2) is 11.7. The monoisotopic (exact) mass is 750 g/mol. The van der Waals surface area contributed by atoms with E-state index in [1.807, 2.05) is 11.3 Å². The van der Waals surface area contributed by atoms with Crippen LogP contribution in [0.3, 0.4) is 0 Å². The lowest BCUT2D eigenvalue weighted by molar-refractivity contribution is 0.332. The smallest absolute Gasteiger partial charge is 0.0562 e. The summed E-state index contributed by atoms with van der Waals surface area (Å²) in [5.74, 6) is 0. The van der Waals surface area contributed by atoms with Gasteiger partial charge in [-0.25, -0.2) is 0 Å². The molecule has 57 heavy (non-hydrogen) atoms. The zero-order valence-corrected chi connectivity index (χ0v) is 33.5. The maximum atomic E-state index is 2.56. The van der Waals surface area contributed by atoms with Gasteiger partial charge in [-0.1, -0.05) is 125 Å². The SMILES string of the molecule is CC1(C)CCC(C)(C)c2cc3c(cc21)c1cc2c4c5ccccc5ccc4n(-c4cccc(-c5cccc6c5sc5ccccc56)c4)c2cc1n3-c1ccccc1. The molecule has 2 nitrogen and oxygen atoms in total. The van der Waals surface area contributed by atoms with Gasteiger partial charge < -0.3 is 9.13 Å². The van der Waals surface area contributed by atoms with Crippen LogP contribution in [0.2, 0.25) is 0 Å². The number of para-hydroxylation sites is 1. The molecule has 0 spiro atoms. The van der Waals surface area contributed by atoms with E-state index in [1.54, 1.807) is 0 Å². The van der Waals surface area contributed by atoms with Gasteiger partial charge in [0.1, 0.15) is 0 Å². The molecule has 0 saturated carbocycles. The molecule has 11 aromatic rings. The maximum absolute atomic E-state index is 2.56. The Hall–Kier alpha value is -6.16. The van der Waals surface area contributed by atoms with Crippen molar-refractivity contribution in [3.8, 4) is 22.5 Å². The van der Waals surface area contributed by atoms with Crippen molar-refractivity contribution in [2.24, 2.45) is 0 Å². The second-order valence-corrected chi connectivity index (χ2v) is 18.6. The molecular formula is C54H42N2S. The highest BCUT2D eigenvalue weighted by Crippen LogP contribution is 2.50. The molecule has 3 aromatic heterocycles. The normalized spacial score (nSPS) is 15.2. The first-order valence-corrected chi connectivity index (χ1v) is 21.1. The Kier molecular flexibility index (Phi) is 6.77. The Bertz CT molecular complexity index is 3460. The standard InChI is InChI=1S/C54H42N2S/c1-53(2)26-27-54(3,4)45-31-47-42(30-44(45)53)41-29-43-49(32-48(41)55(47)35-16-6-5-7-17-35)56(46-25-24-33-14-8-9-19-37(33)51(43)46)36-18-12-15-34(28-36)38-21-13-22-40-39-20-10-11-23-50(39)57-52(38)40/h5-25,28-32H,26-27H2,1-4H3. The second-order valence-electron chi connectivity index (χ2n) is 17.6. The first-order valence-electron chi connectivity index (χ1n) is 20.3. The van der Waals surface area contributed by atoms with E-state index in [9.17, 15) is 0 Å². The highest BCUT2D eigenvalue weighted by Gasteiger charge is 2.38. The van der Waals surface area contributed by atoms with E-state index in [-0.39, 0.29) is 10.8 Å². The molecule has 3 heterocycles. The van der Waals surface area contributed by atoms with E-state index in [0.29, 0.717) is 0 Å². The van der Waals surface area contributed by atoms with Gasteiger partial charge in [0.25, 0.3) is 0 Å². The van der Waals surface area contributed by atoms with Crippen molar-refractivity contribution in [3.63, 3.8) is 0 Å². The molecule has 1 aliphatic carbocycles. The van der Waals surface area contributed by atoms with Gasteiger partial charge in [-0.05, 0) is 117 Å². The van der Waals surface area contributed by atoms with E-state index in [1.165, 1.54) is 121 Å². The van der Waals surface area contributed by atoms with E-state index in [4.69, 9.17) is 0 Å². The molecule has 0 atom stereocenters. The summed E-state index contributed by atoms with van der Waals surface area (Å²) >= 11 is 1.89. The summed E-state index contributed by atoms with van der Waals surface area (Å²) in [7, 11) is 0. The summed E-state index contributed by atoms with van der Waals surface area (Å²) in [4.78, 5) is 0. The van der Waals surface area contributed by atoms with E-state index >= 15 is 0 Å². The van der Waals surface area contributed by atoms with Crippen LogP contribution in [0.15, 0.2) is 158 Å². The number of thiophene rings is 1. The predicted molar refractivity (Wildman–Crippen MR) is 246 cm³/mol. The molecule has 0 bridgehead atoms. The molecule has 0 unspecified atom stereocenters. The van der Waals surface area contributed by atoms with Gasteiger partial charge in [0.15, 0.2) is 0 Å². The van der Waals surface area contributed by atoms with Crippen LogP contribution in [0.4, 0.5) is 0 Å². The lowest BCUT2D eigenvalue weighted by atomic mass is 9.63. The van der Waals surface area contributed by atoms with Crippen LogP contribution in [0, 0.1) is 0 Å². The number of benzene rings is 8. The fourth-order valence-electron chi connectivity index (χ4n) is 10.3. The van der Waals surface area contributed by atoms with Crippen molar-refractivity contribution >= 4 is 85.9 Å². The number of rotatable bonds is 3. The Balaban J connectivity index is 1.20. The molecule has 0 saturated heterocycles. The van der Waals surface area contributed by atoms with Crippen LogP contribution in [0.5, 0.6) is 0 Å². The van der Waals surface area contributed by atoms with Gasteiger partial charge in [0.2, 0.25) is 0 Å². The minimum atomic E-state index is 0.110. The van der Waals surface area contributed by atoms with Gasteiger partial charge in [0, 0.05) is 53.1 Å². The quantitative estimate of drug-likeness (QED) is 0.170. The largest absolute Gasteiger partial charge is 0.309 e. The van der Waals surface area contributed by atoms with Crippen LogP contribution >= 0.6 is 11.3 Å². The van der Waals surface area contributed by atoms with Crippen LogP contribution in [-0.4, -0.2) is 9.13 Å². The Morgan fingerprint density at radius 2 is 1.07 bits per heavy atom. The fourth-order valence-corrected chi connectivity index (χ4v) is 11.5. The van der Waals surface area contributed by atoms with E-state index in [0.717, 1.165) is 0 Å². The van der Waals surface area contributed by atoms with Gasteiger partial charge in [0.05, 0.1) is 22.1 Å². The summed E-state index contributed by atoms with van der Waals surface area (Å²) in [5, 5.41) is 10.4. The Morgan fingerprint density at radius 3 is 1.91 bits per heavy atom. The molecule has 0 amide bonds. The van der Waals surface area contributed by atoms with Gasteiger partial charge in [-0.15, -0.1) is 11.3 Å². The fraction of sp³-hybridized carbons (Fsp3) is 0.148. The lowest BCUT2D eigenvalue weighted by Crippen LogP contribution is -2.33. The summed E-state index contributed by atoms with van der Waals surface area (Å²) in [6, 6.07) is 59.4. The Labute approximate surface area is 336 Å². The number of fused-ring (bicyclic) bond motifs is 12. The predicted octanol–water partition coefficient (Wildman–Crippen LogP) is 15.4. The molecule has 1 aliphatic rings. The molecule has 0 aliphatic heterocycles. The highest BCUT2D eigenvalue weighted by atomic mass is 32.1. The summed E-state index contributed by atoms with van der Waals surface area (Å²) in [5.41, 5.74) is 13.0.